The molecule has 0 N–H and O–H groups in total. The van der Waals surface area contributed by atoms with Crippen LogP contribution in [0.5, 0.6) is 0 Å². The average molecular weight is 311 g/mol. The number of nitrogens with zero attached hydrogens (tertiary/aromatic N) is 2. The molecular formula is C15H16Cl2N2O. The van der Waals surface area contributed by atoms with E-state index >= 15 is 0 Å². The Morgan fingerprint density at radius 2 is 1.90 bits per heavy atom. The number of hydrogen-bond acceptors (Lipinski definition) is 2. The van der Waals surface area contributed by atoms with Crippen LogP contribution in [0.15, 0.2) is 24.3 Å². The number of carbonyl (C=O) groups is 1. The standard InChI is InChI=1S/C15H16Cl2N2O/c1-3-11-8-12(4-2)19(18-11)9-15(20)10-5-6-13(16)14(17)7-10/h5-8H,3-4,9H2,1-2H3. The fraction of sp³-hybridized carbons (Fsp3) is 0.333. The molecule has 0 radical (unpaired) electrons. The van der Waals surface area contributed by atoms with E-state index in [-0.39, 0.29) is 12.3 Å². The SMILES string of the molecule is CCc1cc(CC)n(CC(=O)c2ccc(Cl)c(Cl)c2)n1. The van der Waals surface area contributed by atoms with Gasteiger partial charge >= 0.3 is 0 Å². The van der Waals surface area contributed by atoms with Crippen LogP contribution in [-0.4, -0.2) is 15.6 Å². The van der Waals surface area contributed by atoms with Gasteiger partial charge in [-0.25, -0.2) is 0 Å². The second kappa shape index (κ2) is 6.42. The number of carbonyl (C=O) groups excluding carboxylic acids is 1. The van der Waals surface area contributed by atoms with Gasteiger partial charge in [0.15, 0.2) is 5.78 Å². The molecule has 2 aromatic rings. The molecule has 106 valence electrons. The highest BCUT2D eigenvalue weighted by Gasteiger charge is 2.12. The van der Waals surface area contributed by atoms with Gasteiger partial charge in [-0.2, -0.15) is 5.10 Å². The van der Waals surface area contributed by atoms with Crippen molar-refractivity contribution < 1.29 is 4.79 Å². The molecule has 0 saturated heterocycles. The van der Waals surface area contributed by atoms with Gasteiger partial charge in [-0.1, -0.05) is 37.0 Å². The summed E-state index contributed by atoms with van der Waals surface area (Å²) in [5.74, 6) is -0.0241. The minimum absolute atomic E-state index is 0.0241. The van der Waals surface area contributed by atoms with Crippen LogP contribution in [0.3, 0.4) is 0 Å². The van der Waals surface area contributed by atoms with Crippen LogP contribution in [0.25, 0.3) is 0 Å². The van der Waals surface area contributed by atoms with Crippen molar-refractivity contribution in [1.82, 2.24) is 9.78 Å². The fourth-order valence-electron chi connectivity index (χ4n) is 2.01. The summed E-state index contributed by atoms with van der Waals surface area (Å²) >= 11 is 11.8. The lowest BCUT2D eigenvalue weighted by Gasteiger charge is -2.06. The first-order valence-corrected chi connectivity index (χ1v) is 7.34. The molecule has 20 heavy (non-hydrogen) atoms. The third-order valence-corrected chi connectivity index (χ3v) is 3.91. The summed E-state index contributed by atoms with van der Waals surface area (Å²) in [5.41, 5.74) is 2.62. The molecule has 0 fully saturated rings. The maximum atomic E-state index is 12.3. The molecule has 5 heteroatoms. The Bertz CT molecular complexity index is 635. The Morgan fingerprint density at radius 1 is 1.15 bits per heavy atom. The summed E-state index contributed by atoms with van der Waals surface area (Å²) in [5, 5.41) is 5.28. The van der Waals surface area contributed by atoms with E-state index in [0.717, 1.165) is 24.2 Å². The van der Waals surface area contributed by atoms with Crippen LogP contribution in [0.1, 0.15) is 35.6 Å². The Morgan fingerprint density at radius 3 is 2.50 bits per heavy atom. The van der Waals surface area contributed by atoms with Gasteiger partial charge in [0, 0.05) is 11.3 Å². The van der Waals surface area contributed by atoms with Gasteiger partial charge in [0.1, 0.15) is 6.54 Å². The summed E-state index contributed by atoms with van der Waals surface area (Å²) in [6.45, 7) is 4.32. The molecule has 1 heterocycles. The Hall–Kier alpha value is -1.32. The average Bonchev–Trinajstić information content (AvgIpc) is 2.84. The topological polar surface area (TPSA) is 34.9 Å². The minimum Gasteiger partial charge on any atom is -0.292 e. The molecular weight excluding hydrogens is 295 g/mol. The van der Waals surface area contributed by atoms with Crippen LogP contribution in [-0.2, 0) is 19.4 Å². The number of halogens is 2. The number of rotatable bonds is 5. The zero-order valence-corrected chi connectivity index (χ0v) is 13.0. The molecule has 0 aliphatic carbocycles. The monoisotopic (exact) mass is 310 g/mol. The van der Waals surface area contributed by atoms with Gasteiger partial charge in [-0.15, -0.1) is 0 Å². The van der Waals surface area contributed by atoms with Crippen molar-refractivity contribution in [3.05, 3.63) is 51.3 Å². The number of Topliss-reactive ketones (excluding diaryl/α,β-unsaturated/α-hetero) is 1. The lowest BCUT2D eigenvalue weighted by Crippen LogP contribution is -2.14. The van der Waals surface area contributed by atoms with Crippen molar-refractivity contribution >= 4 is 29.0 Å². The molecule has 0 aliphatic heterocycles. The van der Waals surface area contributed by atoms with E-state index in [0.29, 0.717) is 15.6 Å². The maximum Gasteiger partial charge on any atom is 0.184 e. The molecule has 0 bridgehead atoms. The molecule has 2 rings (SSSR count). The molecule has 0 saturated carbocycles. The molecule has 0 spiro atoms. The summed E-state index contributed by atoms with van der Waals surface area (Å²) < 4.78 is 1.77. The van der Waals surface area contributed by atoms with Gasteiger partial charge in [-0.05, 0) is 37.1 Å². The van der Waals surface area contributed by atoms with Crippen LogP contribution in [0, 0.1) is 0 Å². The zero-order chi connectivity index (χ0) is 14.7. The van der Waals surface area contributed by atoms with Gasteiger partial charge in [0.25, 0.3) is 0 Å². The van der Waals surface area contributed by atoms with E-state index in [2.05, 4.69) is 12.0 Å². The van der Waals surface area contributed by atoms with E-state index in [4.69, 9.17) is 23.2 Å². The first-order valence-electron chi connectivity index (χ1n) is 6.59. The second-order valence-corrected chi connectivity index (χ2v) is 5.36. The molecule has 1 aromatic heterocycles. The van der Waals surface area contributed by atoms with E-state index in [1.165, 1.54) is 0 Å². The minimum atomic E-state index is -0.0241. The summed E-state index contributed by atoms with van der Waals surface area (Å²) in [6, 6.07) is 6.97. The smallest absolute Gasteiger partial charge is 0.184 e. The summed E-state index contributed by atoms with van der Waals surface area (Å²) in [6.07, 6.45) is 1.71. The number of aryl methyl sites for hydroxylation is 2. The predicted molar refractivity (Wildman–Crippen MR) is 81.8 cm³/mol. The van der Waals surface area contributed by atoms with E-state index in [1.54, 1.807) is 22.9 Å². The highest BCUT2D eigenvalue weighted by molar-refractivity contribution is 6.42. The van der Waals surface area contributed by atoms with Crippen LogP contribution >= 0.6 is 23.2 Å². The van der Waals surface area contributed by atoms with E-state index < -0.39 is 0 Å². The van der Waals surface area contributed by atoms with E-state index in [9.17, 15) is 4.79 Å². The lowest BCUT2D eigenvalue weighted by atomic mass is 10.1. The normalized spacial score (nSPS) is 10.8. The largest absolute Gasteiger partial charge is 0.292 e. The highest BCUT2D eigenvalue weighted by Crippen LogP contribution is 2.23. The fourth-order valence-corrected chi connectivity index (χ4v) is 2.30. The van der Waals surface area contributed by atoms with Crippen molar-refractivity contribution in [2.45, 2.75) is 33.2 Å². The second-order valence-electron chi connectivity index (χ2n) is 4.54. The Kier molecular flexibility index (Phi) is 4.84. The van der Waals surface area contributed by atoms with E-state index in [1.807, 2.05) is 13.0 Å². The van der Waals surface area contributed by atoms with Gasteiger partial charge in [0.2, 0.25) is 0 Å². The van der Waals surface area contributed by atoms with Crippen molar-refractivity contribution in [1.29, 1.82) is 0 Å². The van der Waals surface area contributed by atoms with Gasteiger partial charge < -0.3 is 0 Å². The molecule has 0 aliphatic rings. The Labute approximate surface area is 128 Å². The van der Waals surface area contributed by atoms with Crippen molar-refractivity contribution in [3.8, 4) is 0 Å². The summed E-state index contributed by atoms with van der Waals surface area (Å²) in [7, 11) is 0. The predicted octanol–water partition coefficient (Wildman–Crippen LogP) is 4.20. The number of ketones is 1. The van der Waals surface area contributed by atoms with Crippen LogP contribution < -0.4 is 0 Å². The van der Waals surface area contributed by atoms with Crippen molar-refractivity contribution in [2.75, 3.05) is 0 Å². The first kappa shape index (κ1) is 15.1. The highest BCUT2D eigenvalue weighted by atomic mass is 35.5. The third-order valence-electron chi connectivity index (χ3n) is 3.17. The molecule has 0 amide bonds. The maximum absolute atomic E-state index is 12.3. The molecule has 0 unspecified atom stereocenters. The van der Waals surface area contributed by atoms with Crippen LogP contribution in [0.2, 0.25) is 10.0 Å². The third kappa shape index (κ3) is 3.22. The van der Waals surface area contributed by atoms with Crippen molar-refractivity contribution in [3.63, 3.8) is 0 Å². The molecule has 1 aromatic carbocycles. The quantitative estimate of drug-likeness (QED) is 0.776. The molecule has 0 atom stereocenters. The number of benzene rings is 1. The van der Waals surface area contributed by atoms with Gasteiger partial charge in [0.05, 0.1) is 15.7 Å². The lowest BCUT2D eigenvalue weighted by molar-refractivity contribution is 0.0966. The zero-order valence-electron chi connectivity index (χ0n) is 11.5. The van der Waals surface area contributed by atoms with Crippen molar-refractivity contribution in [2.24, 2.45) is 0 Å². The number of hydrogen-bond donors (Lipinski definition) is 0. The Balaban J connectivity index is 2.22. The molecule has 3 nitrogen and oxygen atoms in total. The number of aromatic nitrogens is 2. The first-order chi connectivity index (χ1) is 9.55. The van der Waals surface area contributed by atoms with Gasteiger partial charge in [-0.3, -0.25) is 9.48 Å². The van der Waals surface area contributed by atoms with Crippen LogP contribution in [0.4, 0.5) is 0 Å². The summed E-state index contributed by atoms with van der Waals surface area (Å²) in [4.78, 5) is 12.3.